The Bertz CT molecular complexity index is 462. The molecular formula is C11H14N4O2. The molecular weight excluding hydrogens is 220 g/mol. The molecule has 6 nitrogen and oxygen atoms in total. The second kappa shape index (κ2) is 4.53. The van der Waals surface area contributed by atoms with Crippen LogP contribution in [0.2, 0.25) is 0 Å². The van der Waals surface area contributed by atoms with Crippen molar-refractivity contribution in [1.82, 2.24) is 9.78 Å². The predicted molar refractivity (Wildman–Crippen MR) is 60.0 cm³/mol. The summed E-state index contributed by atoms with van der Waals surface area (Å²) in [6.07, 6.45) is 5.57. The molecule has 0 amide bonds. The van der Waals surface area contributed by atoms with Gasteiger partial charge in [-0.2, -0.15) is 10.4 Å². The Hall–Kier alpha value is -1.90. The summed E-state index contributed by atoms with van der Waals surface area (Å²) in [6.45, 7) is 1.93. The van der Waals surface area contributed by atoms with Crippen molar-refractivity contribution in [3.05, 3.63) is 22.5 Å². The number of hydrogen-bond acceptors (Lipinski definition) is 4. The predicted octanol–water partition coefficient (Wildman–Crippen LogP) is 2.29. The van der Waals surface area contributed by atoms with Gasteiger partial charge < -0.3 is 0 Å². The van der Waals surface area contributed by atoms with Crippen LogP contribution >= 0.6 is 0 Å². The maximum Gasteiger partial charge on any atom is 0.307 e. The fourth-order valence-electron chi connectivity index (χ4n) is 2.41. The van der Waals surface area contributed by atoms with Gasteiger partial charge in [-0.25, -0.2) is 0 Å². The van der Waals surface area contributed by atoms with E-state index in [0.29, 0.717) is 5.92 Å². The first-order chi connectivity index (χ1) is 8.11. The van der Waals surface area contributed by atoms with Gasteiger partial charge in [-0.1, -0.05) is 0 Å². The van der Waals surface area contributed by atoms with Crippen LogP contribution in [0.15, 0.2) is 12.4 Å². The smallest absolute Gasteiger partial charge is 0.263 e. The van der Waals surface area contributed by atoms with Crippen molar-refractivity contribution in [3.8, 4) is 6.07 Å². The van der Waals surface area contributed by atoms with Crippen LogP contribution in [0.4, 0.5) is 5.69 Å². The van der Waals surface area contributed by atoms with E-state index in [9.17, 15) is 10.1 Å². The summed E-state index contributed by atoms with van der Waals surface area (Å²) in [4.78, 5) is 10.1. The average molecular weight is 234 g/mol. The number of nitrogens with zero attached hydrogens (tertiary/aromatic N) is 4. The maximum atomic E-state index is 10.6. The van der Waals surface area contributed by atoms with Crippen LogP contribution in [0.5, 0.6) is 0 Å². The molecule has 17 heavy (non-hydrogen) atoms. The van der Waals surface area contributed by atoms with Gasteiger partial charge in [-0.15, -0.1) is 0 Å². The van der Waals surface area contributed by atoms with Crippen molar-refractivity contribution < 1.29 is 4.92 Å². The zero-order valence-electron chi connectivity index (χ0n) is 9.61. The molecule has 6 heteroatoms. The van der Waals surface area contributed by atoms with Crippen LogP contribution in [0.25, 0.3) is 0 Å². The minimum atomic E-state index is -0.437. The lowest BCUT2D eigenvalue weighted by molar-refractivity contribution is -0.385. The minimum Gasteiger partial charge on any atom is -0.263 e. The third-order valence-corrected chi connectivity index (χ3v) is 3.53. The summed E-state index contributed by atoms with van der Waals surface area (Å²) < 4.78 is 1.67. The van der Waals surface area contributed by atoms with E-state index >= 15 is 0 Å². The zero-order chi connectivity index (χ0) is 12.4. The normalized spacial score (nSPS) is 25.4. The van der Waals surface area contributed by atoms with E-state index in [4.69, 9.17) is 5.26 Å². The first-order valence-electron chi connectivity index (χ1n) is 5.70. The molecule has 1 saturated carbocycles. The quantitative estimate of drug-likeness (QED) is 0.593. The summed E-state index contributed by atoms with van der Waals surface area (Å²) in [5, 5.41) is 23.5. The highest BCUT2D eigenvalue weighted by molar-refractivity contribution is 5.21. The fourth-order valence-corrected chi connectivity index (χ4v) is 2.41. The Labute approximate surface area is 99.0 Å². The molecule has 0 N–H and O–H groups in total. The number of nitriles is 1. The van der Waals surface area contributed by atoms with Gasteiger partial charge in [0.2, 0.25) is 0 Å². The van der Waals surface area contributed by atoms with Gasteiger partial charge in [0, 0.05) is 5.92 Å². The molecule has 0 radical (unpaired) electrons. The summed E-state index contributed by atoms with van der Waals surface area (Å²) >= 11 is 0. The number of aromatic nitrogens is 2. The van der Waals surface area contributed by atoms with E-state index in [2.05, 4.69) is 11.2 Å². The Morgan fingerprint density at radius 3 is 3.06 bits per heavy atom. The Kier molecular flexibility index (Phi) is 3.09. The Balaban J connectivity index is 2.05. The monoisotopic (exact) mass is 234 g/mol. The SMILES string of the molecule is CC(C#N)C1CC[C@@H](n2cc([N+](=O)[O-])cn2)C1. The second-order valence-corrected chi connectivity index (χ2v) is 4.58. The third-order valence-electron chi connectivity index (χ3n) is 3.53. The van der Waals surface area contributed by atoms with Gasteiger partial charge in [0.1, 0.15) is 12.4 Å². The number of rotatable bonds is 3. The molecule has 1 heterocycles. The van der Waals surface area contributed by atoms with E-state index in [-0.39, 0.29) is 17.6 Å². The molecule has 90 valence electrons. The van der Waals surface area contributed by atoms with Crippen LogP contribution in [0.3, 0.4) is 0 Å². The lowest BCUT2D eigenvalue weighted by Gasteiger charge is -2.12. The molecule has 0 spiro atoms. The van der Waals surface area contributed by atoms with Crippen LogP contribution in [-0.2, 0) is 0 Å². The van der Waals surface area contributed by atoms with Crippen molar-refractivity contribution in [1.29, 1.82) is 5.26 Å². The van der Waals surface area contributed by atoms with Gasteiger partial charge in [-0.05, 0) is 32.1 Å². The van der Waals surface area contributed by atoms with E-state index in [0.717, 1.165) is 19.3 Å². The molecule has 1 aromatic rings. The molecule has 1 aliphatic carbocycles. The maximum absolute atomic E-state index is 10.6. The van der Waals surface area contributed by atoms with E-state index in [1.807, 2.05) is 6.92 Å². The van der Waals surface area contributed by atoms with Crippen LogP contribution in [0.1, 0.15) is 32.2 Å². The van der Waals surface area contributed by atoms with Crippen LogP contribution in [0, 0.1) is 33.3 Å². The lowest BCUT2D eigenvalue weighted by atomic mass is 9.94. The summed E-state index contributed by atoms with van der Waals surface area (Å²) in [6, 6.07) is 2.46. The standard InChI is InChI=1S/C11H14N4O2/c1-8(5-12)9-2-3-10(4-9)14-7-11(6-13-14)15(16)17/h6-10H,2-4H2,1H3/t8?,9?,10-/m1/s1. The molecule has 0 aromatic carbocycles. The summed E-state index contributed by atoms with van der Waals surface area (Å²) in [5.41, 5.74) is 0.0294. The first-order valence-corrected chi connectivity index (χ1v) is 5.70. The van der Waals surface area contributed by atoms with E-state index in [1.54, 1.807) is 4.68 Å². The third kappa shape index (κ3) is 2.28. The van der Waals surface area contributed by atoms with Gasteiger partial charge in [0.25, 0.3) is 0 Å². The summed E-state index contributed by atoms with van der Waals surface area (Å²) in [7, 11) is 0. The minimum absolute atomic E-state index is 0.0294. The topological polar surface area (TPSA) is 84.8 Å². The van der Waals surface area contributed by atoms with Crippen molar-refractivity contribution in [2.45, 2.75) is 32.2 Å². The number of hydrogen-bond donors (Lipinski definition) is 0. The van der Waals surface area contributed by atoms with Crippen molar-refractivity contribution in [2.75, 3.05) is 0 Å². The molecule has 0 bridgehead atoms. The van der Waals surface area contributed by atoms with Gasteiger partial charge >= 0.3 is 5.69 Å². The molecule has 2 rings (SSSR count). The van der Waals surface area contributed by atoms with Gasteiger partial charge in [-0.3, -0.25) is 14.8 Å². The largest absolute Gasteiger partial charge is 0.307 e. The fraction of sp³-hybridized carbons (Fsp3) is 0.636. The molecule has 0 saturated heterocycles. The molecule has 0 aliphatic heterocycles. The highest BCUT2D eigenvalue weighted by Gasteiger charge is 2.30. The summed E-state index contributed by atoms with van der Waals surface area (Å²) in [5.74, 6) is 0.429. The highest BCUT2D eigenvalue weighted by atomic mass is 16.6. The molecule has 1 aliphatic rings. The highest BCUT2D eigenvalue weighted by Crippen LogP contribution is 2.38. The van der Waals surface area contributed by atoms with E-state index < -0.39 is 4.92 Å². The van der Waals surface area contributed by atoms with Gasteiger partial charge in [0.05, 0.1) is 17.0 Å². The first kappa shape index (κ1) is 11.6. The average Bonchev–Trinajstić information content (AvgIpc) is 2.95. The van der Waals surface area contributed by atoms with Gasteiger partial charge in [0.15, 0.2) is 0 Å². The Morgan fingerprint density at radius 2 is 2.47 bits per heavy atom. The van der Waals surface area contributed by atoms with E-state index in [1.165, 1.54) is 12.4 Å². The Morgan fingerprint density at radius 1 is 1.71 bits per heavy atom. The van der Waals surface area contributed by atoms with Crippen molar-refractivity contribution in [3.63, 3.8) is 0 Å². The van der Waals surface area contributed by atoms with Crippen LogP contribution in [-0.4, -0.2) is 14.7 Å². The lowest BCUT2D eigenvalue weighted by Crippen LogP contribution is -2.09. The van der Waals surface area contributed by atoms with Crippen LogP contribution < -0.4 is 0 Å². The molecule has 1 fully saturated rings. The molecule has 1 aromatic heterocycles. The zero-order valence-corrected chi connectivity index (χ0v) is 9.61. The number of nitro groups is 1. The second-order valence-electron chi connectivity index (χ2n) is 4.58. The van der Waals surface area contributed by atoms with Crippen molar-refractivity contribution >= 4 is 5.69 Å². The molecule has 2 unspecified atom stereocenters. The van der Waals surface area contributed by atoms with Crippen molar-refractivity contribution in [2.24, 2.45) is 11.8 Å². The molecule has 3 atom stereocenters.